The molecule has 0 aromatic carbocycles. The highest BCUT2D eigenvalue weighted by Gasteiger charge is 2.24. The average molecular weight is 225 g/mol. The third-order valence-electron chi connectivity index (χ3n) is 2.18. The summed E-state index contributed by atoms with van der Waals surface area (Å²) >= 11 is 0. The summed E-state index contributed by atoms with van der Waals surface area (Å²) in [6, 6.07) is 0. The first-order chi connectivity index (χ1) is 7.42. The molecule has 1 fully saturated rings. The van der Waals surface area contributed by atoms with Crippen LogP contribution in [0.5, 0.6) is 0 Å². The number of carbonyl (C=O) groups excluding carboxylic acids is 1. The van der Waals surface area contributed by atoms with E-state index in [-0.39, 0.29) is 12.2 Å². The summed E-state index contributed by atoms with van der Waals surface area (Å²) < 4.78 is 10.7. The molecular weight excluding hydrogens is 206 g/mol. The first kappa shape index (κ1) is 12.9. The normalized spacial score (nSPS) is 22.1. The van der Waals surface area contributed by atoms with Crippen LogP contribution in [0.4, 0.5) is 4.79 Å². The number of nitrogens with zero attached hydrogens (tertiary/aromatic N) is 1. The van der Waals surface area contributed by atoms with Crippen molar-refractivity contribution in [3.05, 3.63) is 0 Å². The highest BCUT2D eigenvalue weighted by molar-refractivity contribution is 5.68. The van der Waals surface area contributed by atoms with Gasteiger partial charge in [-0.25, -0.2) is 4.79 Å². The van der Waals surface area contributed by atoms with Gasteiger partial charge in [-0.15, -0.1) is 6.42 Å². The molecule has 0 saturated carbocycles. The maximum absolute atomic E-state index is 11.8. The van der Waals surface area contributed by atoms with Gasteiger partial charge in [0.15, 0.2) is 0 Å². The molecule has 1 atom stereocenters. The largest absolute Gasteiger partial charge is 0.444 e. The summed E-state index contributed by atoms with van der Waals surface area (Å²) in [6.45, 7) is 7.14. The van der Waals surface area contributed by atoms with E-state index in [4.69, 9.17) is 15.9 Å². The van der Waals surface area contributed by atoms with E-state index in [1.807, 2.05) is 20.8 Å². The Hall–Kier alpha value is -1.21. The van der Waals surface area contributed by atoms with Crippen LogP contribution in [-0.4, -0.2) is 42.4 Å². The van der Waals surface area contributed by atoms with Crippen molar-refractivity contribution in [2.75, 3.05) is 19.7 Å². The van der Waals surface area contributed by atoms with Crippen LogP contribution in [0.1, 0.15) is 27.2 Å². The summed E-state index contributed by atoms with van der Waals surface area (Å²) in [5, 5.41) is 0. The van der Waals surface area contributed by atoms with E-state index >= 15 is 0 Å². The van der Waals surface area contributed by atoms with Crippen molar-refractivity contribution in [1.29, 1.82) is 0 Å². The third kappa shape index (κ3) is 4.11. The molecule has 1 amide bonds. The Morgan fingerprint density at radius 3 is 2.75 bits per heavy atom. The summed E-state index contributed by atoms with van der Waals surface area (Å²) in [7, 11) is 0. The fourth-order valence-electron chi connectivity index (χ4n) is 1.41. The van der Waals surface area contributed by atoms with E-state index in [1.165, 1.54) is 0 Å². The van der Waals surface area contributed by atoms with Crippen molar-refractivity contribution >= 4 is 6.09 Å². The minimum atomic E-state index is -0.463. The van der Waals surface area contributed by atoms with Gasteiger partial charge in [-0.1, -0.05) is 5.92 Å². The zero-order chi connectivity index (χ0) is 12.2. The number of amides is 1. The van der Waals surface area contributed by atoms with Crippen molar-refractivity contribution in [3.8, 4) is 12.3 Å². The third-order valence-corrected chi connectivity index (χ3v) is 2.18. The molecule has 16 heavy (non-hydrogen) atoms. The summed E-state index contributed by atoms with van der Waals surface area (Å²) in [5.74, 6) is 2.55. The zero-order valence-electron chi connectivity index (χ0n) is 10.2. The van der Waals surface area contributed by atoms with Crippen LogP contribution in [0.25, 0.3) is 0 Å². The lowest BCUT2D eigenvalue weighted by molar-refractivity contribution is 0.0240. The fourth-order valence-corrected chi connectivity index (χ4v) is 1.41. The highest BCUT2D eigenvalue weighted by atomic mass is 16.6. The standard InChI is InChI=1S/C12H19NO3/c1-5-10-6-7-13(8-9-15-10)11(14)16-12(2,3)4/h1,10H,6-9H2,2-4H3. The molecule has 0 N–H and O–H groups in total. The molecule has 0 bridgehead atoms. The van der Waals surface area contributed by atoms with Gasteiger partial charge in [0.05, 0.1) is 6.61 Å². The Balaban J connectivity index is 2.49. The molecular formula is C12H19NO3. The molecule has 0 aromatic heterocycles. The Kier molecular flexibility index (Phi) is 4.19. The lowest BCUT2D eigenvalue weighted by Crippen LogP contribution is -2.38. The molecule has 0 radical (unpaired) electrons. The van der Waals surface area contributed by atoms with Crippen LogP contribution < -0.4 is 0 Å². The molecule has 1 heterocycles. The van der Waals surface area contributed by atoms with Crippen LogP contribution in [0.3, 0.4) is 0 Å². The van der Waals surface area contributed by atoms with Gasteiger partial charge in [-0.3, -0.25) is 0 Å². The van der Waals surface area contributed by atoms with Crippen molar-refractivity contribution < 1.29 is 14.3 Å². The first-order valence-electron chi connectivity index (χ1n) is 5.48. The van der Waals surface area contributed by atoms with Crippen LogP contribution in [0.2, 0.25) is 0 Å². The van der Waals surface area contributed by atoms with Gasteiger partial charge in [0, 0.05) is 19.5 Å². The van der Waals surface area contributed by atoms with Gasteiger partial charge < -0.3 is 14.4 Å². The Labute approximate surface area is 96.9 Å². The molecule has 0 aromatic rings. The fraction of sp³-hybridized carbons (Fsp3) is 0.750. The van der Waals surface area contributed by atoms with E-state index in [1.54, 1.807) is 4.90 Å². The molecule has 0 aliphatic carbocycles. The molecule has 1 aliphatic rings. The molecule has 1 saturated heterocycles. The topological polar surface area (TPSA) is 38.8 Å². The van der Waals surface area contributed by atoms with Gasteiger partial charge in [-0.05, 0) is 20.8 Å². The van der Waals surface area contributed by atoms with Crippen LogP contribution in [0, 0.1) is 12.3 Å². The van der Waals surface area contributed by atoms with E-state index in [0.717, 1.165) is 0 Å². The maximum atomic E-state index is 11.8. The molecule has 0 spiro atoms. The SMILES string of the molecule is C#CC1CCN(C(=O)OC(C)(C)C)CCO1. The van der Waals surface area contributed by atoms with Crippen LogP contribution in [0.15, 0.2) is 0 Å². The monoisotopic (exact) mass is 225 g/mol. The first-order valence-corrected chi connectivity index (χ1v) is 5.48. The molecule has 1 unspecified atom stereocenters. The van der Waals surface area contributed by atoms with Gasteiger partial charge >= 0.3 is 6.09 Å². The van der Waals surface area contributed by atoms with Gasteiger partial charge in [0.2, 0.25) is 0 Å². The number of terminal acetylenes is 1. The van der Waals surface area contributed by atoms with Crippen LogP contribution >= 0.6 is 0 Å². The number of hydrogen-bond acceptors (Lipinski definition) is 3. The Morgan fingerprint density at radius 2 is 2.19 bits per heavy atom. The Morgan fingerprint density at radius 1 is 1.50 bits per heavy atom. The van der Waals surface area contributed by atoms with Gasteiger partial charge in [-0.2, -0.15) is 0 Å². The van der Waals surface area contributed by atoms with Crippen molar-refractivity contribution in [1.82, 2.24) is 4.90 Å². The van der Waals surface area contributed by atoms with Crippen molar-refractivity contribution in [3.63, 3.8) is 0 Å². The van der Waals surface area contributed by atoms with Crippen molar-refractivity contribution in [2.45, 2.75) is 38.9 Å². The van der Waals surface area contributed by atoms with Crippen molar-refractivity contribution in [2.24, 2.45) is 0 Å². The van der Waals surface area contributed by atoms with E-state index in [0.29, 0.717) is 26.1 Å². The summed E-state index contributed by atoms with van der Waals surface area (Å²) in [4.78, 5) is 13.4. The lowest BCUT2D eigenvalue weighted by Gasteiger charge is -2.25. The minimum Gasteiger partial charge on any atom is -0.444 e. The quantitative estimate of drug-likeness (QED) is 0.588. The number of rotatable bonds is 0. The second-order valence-corrected chi connectivity index (χ2v) is 4.78. The van der Waals surface area contributed by atoms with Gasteiger partial charge in [0.25, 0.3) is 0 Å². The zero-order valence-corrected chi connectivity index (χ0v) is 10.2. The second kappa shape index (κ2) is 5.22. The average Bonchev–Trinajstić information content (AvgIpc) is 2.39. The predicted molar refractivity (Wildman–Crippen MR) is 61.0 cm³/mol. The predicted octanol–water partition coefficient (Wildman–Crippen LogP) is 1.65. The minimum absolute atomic E-state index is 0.188. The molecule has 90 valence electrons. The molecule has 4 nitrogen and oxygen atoms in total. The summed E-state index contributed by atoms with van der Waals surface area (Å²) in [5.41, 5.74) is -0.463. The van der Waals surface area contributed by atoms with E-state index < -0.39 is 5.60 Å². The van der Waals surface area contributed by atoms with E-state index in [2.05, 4.69) is 5.92 Å². The van der Waals surface area contributed by atoms with Crippen LogP contribution in [-0.2, 0) is 9.47 Å². The highest BCUT2D eigenvalue weighted by Crippen LogP contribution is 2.12. The van der Waals surface area contributed by atoms with E-state index in [9.17, 15) is 4.79 Å². The van der Waals surface area contributed by atoms with Gasteiger partial charge in [0.1, 0.15) is 11.7 Å². The molecule has 4 heteroatoms. The second-order valence-electron chi connectivity index (χ2n) is 4.78. The summed E-state index contributed by atoms with van der Waals surface area (Å²) in [6.07, 6.45) is 5.46. The molecule has 1 aliphatic heterocycles. The number of carbonyl (C=O) groups is 1. The maximum Gasteiger partial charge on any atom is 0.410 e. The molecule has 1 rings (SSSR count). The number of hydrogen-bond donors (Lipinski definition) is 0. The smallest absolute Gasteiger partial charge is 0.410 e. The lowest BCUT2D eigenvalue weighted by atomic mass is 10.2. The Bertz CT molecular complexity index is 288. The number of ether oxygens (including phenoxy) is 2.